The van der Waals surface area contributed by atoms with Gasteiger partial charge >= 0.3 is 6.18 Å². The van der Waals surface area contributed by atoms with Gasteiger partial charge in [-0.1, -0.05) is 56.9 Å². The summed E-state index contributed by atoms with van der Waals surface area (Å²) in [5, 5.41) is 5.87. The van der Waals surface area contributed by atoms with E-state index in [9.17, 15) is 13.2 Å². The number of aryl methyl sites for hydroxylation is 1. The molecule has 0 radical (unpaired) electrons. The Hall–Kier alpha value is -3.09. The largest absolute Gasteiger partial charge is 0.421 e. The van der Waals surface area contributed by atoms with E-state index in [-0.39, 0.29) is 11.8 Å². The van der Waals surface area contributed by atoms with Crippen LogP contribution in [-0.4, -0.2) is 9.97 Å². The number of anilines is 4. The molecule has 1 aliphatic rings. The summed E-state index contributed by atoms with van der Waals surface area (Å²) in [6.07, 6.45) is 5.59. The Morgan fingerprint density at radius 2 is 1.53 bits per heavy atom. The molecule has 1 aromatic heterocycles. The number of aromatic nitrogens is 2. The third-order valence-corrected chi connectivity index (χ3v) is 6.37. The van der Waals surface area contributed by atoms with Crippen molar-refractivity contribution in [1.29, 1.82) is 0 Å². The van der Waals surface area contributed by atoms with Crippen LogP contribution in [0.5, 0.6) is 0 Å². The van der Waals surface area contributed by atoms with Crippen molar-refractivity contribution in [2.24, 2.45) is 0 Å². The van der Waals surface area contributed by atoms with Crippen molar-refractivity contribution in [2.75, 3.05) is 10.6 Å². The molecule has 0 amide bonds. The van der Waals surface area contributed by atoms with Crippen LogP contribution in [0.25, 0.3) is 0 Å². The maximum absolute atomic E-state index is 13.6. The van der Waals surface area contributed by atoms with Gasteiger partial charge in [0.25, 0.3) is 0 Å². The fourth-order valence-corrected chi connectivity index (χ4v) is 4.44. The molecule has 7 heteroatoms. The Balaban J connectivity index is 1.50. The highest BCUT2D eigenvalue weighted by Crippen LogP contribution is 2.37. The van der Waals surface area contributed by atoms with Crippen LogP contribution in [0, 0.1) is 0 Å². The summed E-state index contributed by atoms with van der Waals surface area (Å²) in [7, 11) is 0. The van der Waals surface area contributed by atoms with Crippen molar-refractivity contribution in [3.8, 4) is 0 Å². The molecule has 2 aromatic carbocycles. The van der Waals surface area contributed by atoms with Gasteiger partial charge < -0.3 is 10.6 Å². The van der Waals surface area contributed by atoms with Crippen LogP contribution in [0.2, 0.25) is 0 Å². The highest BCUT2D eigenvalue weighted by atomic mass is 19.4. The first kappa shape index (κ1) is 24.0. The Labute approximate surface area is 199 Å². The molecule has 2 N–H and O–H groups in total. The molecule has 1 saturated carbocycles. The number of unbranched alkanes of at least 4 members (excludes halogenated alkanes) is 2. The summed E-state index contributed by atoms with van der Waals surface area (Å²) in [6.45, 7) is 2.17. The van der Waals surface area contributed by atoms with E-state index in [0.29, 0.717) is 11.6 Å². The zero-order chi connectivity index (χ0) is 24.0. The third kappa shape index (κ3) is 6.27. The van der Waals surface area contributed by atoms with E-state index in [1.165, 1.54) is 49.7 Å². The molecule has 0 saturated heterocycles. The standard InChI is InChI=1S/C27H31F3N4/c1-2-3-4-7-19-10-14-23(15-11-19)33-26-31-18-24(27(28,29)30)25(34-26)32-22-16-12-21(13-17-22)20-8-5-6-9-20/h10-18,20H,2-9H2,1H3,(H2,31,32,33,34). The number of hydrogen-bond acceptors (Lipinski definition) is 4. The summed E-state index contributed by atoms with van der Waals surface area (Å²) < 4.78 is 40.8. The SMILES string of the molecule is CCCCCc1ccc(Nc2ncc(C(F)(F)F)c(Nc3ccc(C4CCCC4)cc3)n2)cc1. The topological polar surface area (TPSA) is 49.8 Å². The number of rotatable bonds is 9. The number of nitrogens with one attached hydrogen (secondary N) is 2. The fourth-order valence-electron chi connectivity index (χ4n) is 4.44. The predicted molar refractivity (Wildman–Crippen MR) is 131 cm³/mol. The van der Waals surface area contributed by atoms with Gasteiger partial charge in [-0.25, -0.2) is 4.98 Å². The van der Waals surface area contributed by atoms with Crippen LogP contribution in [0.15, 0.2) is 54.7 Å². The molecule has 3 aromatic rings. The number of benzene rings is 2. The first-order valence-corrected chi connectivity index (χ1v) is 12.1. The van der Waals surface area contributed by atoms with Crippen molar-refractivity contribution in [3.63, 3.8) is 0 Å². The van der Waals surface area contributed by atoms with Crippen molar-refractivity contribution in [3.05, 3.63) is 71.4 Å². The molecule has 0 aliphatic heterocycles. The molecule has 180 valence electrons. The number of halogens is 3. The van der Waals surface area contributed by atoms with Gasteiger partial charge in [0.15, 0.2) is 0 Å². The average molecular weight is 469 g/mol. The highest BCUT2D eigenvalue weighted by molar-refractivity contribution is 5.63. The van der Waals surface area contributed by atoms with E-state index in [2.05, 4.69) is 27.5 Å². The molecule has 4 rings (SSSR count). The number of nitrogens with zero attached hydrogens (tertiary/aromatic N) is 2. The van der Waals surface area contributed by atoms with Crippen LogP contribution in [0.4, 0.5) is 36.3 Å². The minimum absolute atomic E-state index is 0.108. The molecule has 1 fully saturated rings. The minimum atomic E-state index is -4.56. The first-order valence-electron chi connectivity index (χ1n) is 12.1. The van der Waals surface area contributed by atoms with Gasteiger partial charge in [0.05, 0.1) is 0 Å². The van der Waals surface area contributed by atoms with Crippen molar-refractivity contribution in [1.82, 2.24) is 9.97 Å². The summed E-state index contributed by atoms with van der Waals surface area (Å²) >= 11 is 0. The second-order valence-electron chi connectivity index (χ2n) is 8.96. The molecule has 0 atom stereocenters. The lowest BCUT2D eigenvalue weighted by atomic mass is 9.97. The second kappa shape index (κ2) is 10.9. The smallest absolute Gasteiger partial charge is 0.340 e. The molecule has 4 nitrogen and oxygen atoms in total. The van der Waals surface area contributed by atoms with Crippen LogP contribution in [0.1, 0.15) is 74.5 Å². The molecule has 0 unspecified atom stereocenters. The van der Waals surface area contributed by atoms with E-state index in [4.69, 9.17) is 0 Å². The van der Waals surface area contributed by atoms with Gasteiger partial charge in [-0.2, -0.15) is 18.2 Å². The maximum Gasteiger partial charge on any atom is 0.421 e. The molecule has 34 heavy (non-hydrogen) atoms. The van der Waals surface area contributed by atoms with Gasteiger partial charge in [0.2, 0.25) is 5.95 Å². The molecular formula is C27H31F3N4. The summed E-state index contributed by atoms with van der Waals surface area (Å²) in [5.74, 6) is 0.388. The lowest BCUT2D eigenvalue weighted by Crippen LogP contribution is -2.12. The van der Waals surface area contributed by atoms with Crippen molar-refractivity contribution in [2.45, 2.75) is 70.4 Å². The normalized spacial score (nSPS) is 14.4. The molecule has 1 aliphatic carbocycles. The molecule has 0 spiro atoms. The van der Waals surface area contributed by atoms with Gasteiger partial charge in [-0.15, -0.1) is 0 Å². The lowest BCUT2D eigenvalue weighted by molar-refractivity contribution is -0.137. The third-order valence-electron chi connectivity index (χ3n) is 6.37. The van der Waals surface area contributed by atoms with Crippen LogP contribution >= 0.6 is 0 Å². The fraction of sp³-hybridized carbons (Fsp3) is 0.407. The van der Waals surface area contributed by atoms with Gasteiger partial charge in [-0.3, -0.25) is 0 Å². The molecule has 0 bridgehead atoms. The Bertz CT molecular complexity index is 1060. The second-order valence-corrected chi connectivity index (χ2v) is 8.96. The quantitative estimate of drug-likeness (QED) is 0.310. The average Bonchev–Trinajstić information content (AvgIpc) is 3.35. The molecule has 1 heterocycles. The summed E-state index contributed by atoms with van der Waals surface area (Å²) in [6, 6.07) is 15.5. The van der Waals surface area contributed by atoms with Gasteiger partial charge in [-0.05, 0) is 67.0 Å². The van der Waals surface area contributed by atoms with Gasteiger partial charge in [0, 0.05) is 17.6 Å². The van der Waals surface area contributed by atoms with Crippen LogP contribution in [0.3, 0.4) is 0 Å². The monoisotopic (exact) mass is 468 g/mol. The van der Waals surface area contributed by atoms with Gasteiger partial charge in [0.1, 0.15) is 11.4 Å². The Morgan fingerprint density at radius 1 is 0.882 bits per heavy atom. The zero-order valence-electron chi connectivity index (χ0n) is 19.5. The summed E-state index contributed by atoms with van der Waals surface area (Å²) in [4.78, 5) is 8.07. The van der Waals surface area contributed by atoms with E-state index < -0.39 is 11.7 Å². The minimum Gasteiger partial charge on any atom is -0.340 e. The van der Waals surface area contributed by atoms with Crippen molar-refractivity contribution < 1.29 is 13.2 Å². The molecular weight excluding hydrogens is 437 g/mol. The van der Waals surface area contributed by atoms with E-state index in [1.54, 1.807) is 0 Å². The lowest BCUT2D eigenvalue weighted by Gasteiger charge is -2.16. The number of alkyl halides is 3. The summed E-state index contributed by atoms with van der Waals surface area (Å²) in [5.41, 5.74) is 2.86. The van der Waals surface area contributed by atoms with E-state index >= 15 is 0 Å². The predicted octanol–water partition coefficient (Wildman–Crippen LogP) is 8.37. The van der Waals surface area contributed by atoms with Crippen LogP contribution < -0.4 is 10.6 Å². The number of hydrogen-bond donors (Lipinski definition) is 2. The maximum atomic E-state index is 13.6. The Kier molecular flexibility index (Phi) is 7.70. The van der Waals surface area contributed by atoms with E-state index in [0.717, 1.165) is 24.7 Å². The zero-order valence-corrected chi connectivity index (χ0v) is 19.5. The Morgan fingerprint density at radius 3 is 2.18 bits per heavy atom. The first-order chi connectivity index (χ1) is 16.4. The van der Waals surface area contributed by atoms with Crippen LogP contribution in [-0.2, 0) is 12.6 Å². The highest BCUT2D eigenvalue weighted by Gasteiger charge is 2.35. The van der Waals surface area contributed by atoms with Crippen molar-refractivity contribution >= 4 is 23.1 Å². The van der Waals surface area contributed by atoms with E-state index in [1.807, 2.05) is 48.5 Å².